The predicted molar refractivity (Wildman–Crippen MR) is 131 cm³/mol. The Bertz CT molecular complexity index is 1410. The maximum atomic E-state index is 14.2. The van der Waals surface area contributed by atoms with Crippen molar-refractivity contribution in [3.63, 3.8) is 0 Å². The SMILES string of the molecule is C[C@H](O)[C@@]12SS[C@]3(C(=O)N1C)[C@@H](O)[C@]1(c4c[nH]c5ccccc45)c4ccccc4N[C@@H]1N3C2=O. The number of amides is 2. The smallest absolute Gasteiger partial charge is 0.266 e. The standard InChI is InChI=1S/C24H22N4O4S2/c1-12(29)23-21(32)28-19-22(14-8-4-6-10-17(14)26-19,15-11-25-16-9-5-3-7-13(15)16)18(30)24(28,34-33-23)20(31)27(23)2/h3-12,18-19,25-26,29-30H,1-2H3/t12-,18-,19+,22+,23-,24-/m0/s1. The highest BCUT2D eigenvalue weighted by molar-refractivity contribution is 8.78. The third-order valence-electron chi connectivity index (χ3n) is 8.05. The number of nitrogens with one attached hydrogen (secondary N) is 2. The first kappa shape index (κ1) is 20.7. The quantitative estimate of drug-likeness (QED) is 0.404. The molecule has 174 valence electrons. The highest BCUT2D eigenvalue weighted by atomic mass is 33.1. The van der Waals surface area contributed by atoms with Crippen LogP contribution in [0.5, 0.6) is 0 Å². The van der Waals surface area contributed by atoms with Crippen molar-refractivity contribution in [3.8, 4) is 0 Å². The second-order valence-corrected chi connectivity index (χ2v) is 12.0. The molecule has 0 aliphatic carbocycles. The van der Waals surface area contributed by atoms with Gasteiger partial charge >= 0.3 is 0 Å². The number of aliphatic hydroxyl groups is 2. The lowest BCUT2D eigenvalue weighted by atomic mass is 9.70. The van der Waals surface area contributed by atoms with Crippen LogP contribution in [0.2, 0.25) is 0 Å². The van der Waals surface area contributed by atoms with Crippen LogP contribution in [0.15, 0.2) is 54.7 Å². The summed E-state index contributed by atoms with van der Waals surface area (Å²) in [4.78, 5) is 31.3. The molecule has 0 saturated carbocycles. The maximum absolute atomic E-state index is 14.2. The lowest BCUT2D eigenvalue weighted by Gasteiger charge is -2.59. The van der Waals surface area contributed by atoms with E-state index in [0.717, 1.165) is 38.5 Å². The molecule has 8 nitrogen and oxygen atoms in total. The van der Waals surface area contributed by atoms with Crippen LogP contribution in [0.3, 0.4) is 0 Å². The van der Waals surface area contributed by atoms with Gasteiger partial charge in [0.05, 0.1) is 11.5 Å². The number of rotatable bonds is 2. The van der Waals surface area contributed by atoms with Crippen molar-refractivity contribution in [2.75, 3.05) is 12.4 Å². The molecule has 2 bridgehead atoms. The van der Waals surface area contributed by atoms with E-state index in [4.69, 9.17) is 0 Å². The van der Waals surface area contributed by atoms with Crippen LogP contribution < -0.4 is 5.32 Å². The first-order valence-corrected chi connectivity index (χ1v) is 13.3. The molecule has 2 amide bonds. The third-order valence-corrected chi connectivity index (χ3v) is 11.8. The Morgan fingerprint density at radius 2 is 1.76 bits per heavy atom. The molecule has 34 heavy (non-hydrogen) atoms. The molecule has 1 spiro atoms. The fourth-order valence-corrected chi connectivity index (χ4v) is 10.5. The summed E-state index contributed by atoms with van der Waals surface area (Å²) in [6, 6.07) is 15.5. The Morgan fingerprint density at radius 3 is 2.56 bits per heavy atom. The molecule has 10 heteroatoms. The van der Waals surface area contributed by atoms with Gasteiger partial charge in [0.15, 0.2) is 0 Å². The first-order chi connectivity index (χ1) is 16.3. The first-order valence-electron chi connectivity index (χ1n) is 11.1. The molecule has 0 radical (unpaired) electrons. The molecular weight excluding hydrogens is 472 g/mol. The number of anilines is 1. The summed E-state index contributed by atoms with van der Waals surface area (Å²) in [5.74, 6) is -0.753. The van der Waals surface area contributed by atoms with Crippen molar-refractivity contribution in [3.05, 3.63) is 65.9 Å². The molecular formula is C24H22N4O4S2. The monoisotopic (exact) mass is 494 g/mol. The minimum atomic E-state index is -1.53. The number of hydrogen-bond donors (Lipinski definition) is 4. The van der Waals surface area contributed by atoms with Crippen LogP contribution in [0.4, 0.5) is 5.69 Å². The molecule has 8 rings (SSSR count). The van der Waals surface area contributed by atoms with Crippen molar-refractivity contribution < 1.29 is 19.8 Å². The number of aromatic amines is 1. The number of para-hydroxylation sites is 2. The van der Waals surface area contributed by atoms with Crippen LogP contribution in [0.25, 0.3) is 10.9 Å². The number of nitrogens with zero attached hydrogens (tertiary/aromatic N) is 2. The Hall–Kier alpha value is -2.66. The zero-order chi connectivity index (χ0) is 23.6. The van der Waals surface area contributed by atoms with E-state index < -0.39 is 33.5 Å². The molecule has 0 unspecified atom stereocenters. The van der Waals surface area contributed by atoms with Crippen molar-refractivity contribution >= 4 is 50.0 Å². The molecule has 4 N–H and O–H groups in total. The number of piperazine rings is 1. The molecule has 1 aromatic heterocycles. The molecule has 4 fully saturated rings. The summed E-state index contributed by atoms with van der Waals surface area (Å²) in [5, 5.41) is 27.5. The van der Waals surface area contributed by atoms with Crippen molar-refractivity contribution in [2.45, 2.75) is 40.5 Å². The van der Waals surface area contributed by atoms with Gasteiger partial charge in [0.2, 0.25) is 9.74 Å². The number of aromatic nitrogens is 1. The Balaban J connectivity index is 1.57. The van der Waals surface area contributed by atoms with E-state index in [2.05, 4.69) is 10.3 Å². The molecule has 2 aromatic carbocycles. The number of carbonyl (C=O) groups excluding carboxylic acids is 2. The van der Waals surface area contributed by atoms with Crippen molar-refractivity contribution in [2.24, 2.45) is 0 Å². The van der Waals surface area contributed by atoms with Gasteiger partial charge in [0, 0.05) is 29.8 Å². The van der Waals surface area contributed by atoms with Gasteiger partial charge in [0.25, 0.3) is 11.8 Å². The zero-order valence-electron chi connectivity index (χ0n) is 18.4. The number of H-pyrrole nitrogens is 1. The topological polar surface area (TPSA) is 109 Å². The van der Waals surface area contributed by atoms with Crippen LogP contribution in [0, 0.1) is 0 Å². The van der Waals surface area contributed by atoms with Crippen LogP contribution in [-0.4, -0.2) is 72.0 Å². The maximum Gasteiger partial charge on any atom is 0.266 e. The molecule has 5 aliphatic heterocycles. The fourth-order valence-electron chi connectivity index (χ4n) is 6.49. The van der Waals surface area contributed by atoms with Crippen molar-refractivity contribution in [1.29, 1.82) is 0 Å². The number of likely N-dealkylation sites (N-methyl/N-ethyl adjacent to an activating group) is 1. The van der Waals surface area contributed by atoms with E-state index in [0.29, 0.717) is 0 Å². The largest absolute Gasteiger partial charge is 0.389 e. The number of aliphatic hydroxyl groups excluding tert-OH is 2. The molecule has 4 saturated heterocycles. The summed E-state index contributed by atoms with van der Waals surface area (Å²) >= 11 is 0. The fraction of sp³-hybridized carbons (Fsp3) is 0.333. The van der Waals surface area contributed by atoms with Crippen LogP contribution >= 0.6 is 21.6 Å². The van der Waals surface area contributed by atoms with E-state index in [9.17, 15) is 19.8 Å². The highest BCUT2D eigenvalue weighted by Crippen LogP contribution is 2.70. The van der Waals surface area contributed by atoms with E-state index in [1.165, 1.54) is 27.5 Å². The van der Waals surface area contributed by atoms with Gasteiger partial charge in [-0.1, -0.05) is 36.4 Å². The van der Waals surface area contributed by atoms with Gasteiger partial charge in [-0.25, -0.2) is 0 Å². The highest BCUT2D eigenvalue weighted by Gasteiger charge is 2.83. The average Bonchev–Trinajstić information content (AvgIpc) is 3.46. The van der Waals surface area contributed by atoms with E-state index in [-0.39, 0.29) is 11.8 Å². The number of hydrogen-bond acceptors (Lipinski definition) is 7. The summed E-state index contributed by atoms with van der Waals surface area (Å²) in [7, 11) is 3.89. The van der Waals surface area contributed by atoms with Crippen LogP contribution in [-0.2, 0) is 15.0 Å². The van der Waals surface area contributed by atoms with Crippen LogP contribution in [0.1, 0.15) is 18.1 Å². The summed E-state index contributed by atoms with van der Waals surface area (Å²) < 4.78 is 0. The Labute approximate surface area is 203 Å². The normalized spacial score (nSPS) is 36.5. The summed E-state index contributed by atoms with van der Waals surface area (Å²) in [6.07, 6.45) is -1.18. The van der Waals surface area contributed by atoms with E-state index in [1.54, 1.807) is 7.05 Å². The lowest BCUT2D eigenvalue weighted by molar-refractivity contribution is -0.172. The number of fused-ring (bicyclic) bond motifs is 6. The Morgan fingerprint density at radius 1 is 1.03 bits per heavy atom. The molecule has 5 aliphatic rings. The number of carbonyl (C=O) groups is 2. The molecule has 3 aromatic rings. The second-order valence-electron chi connectivity index (χ2n) is 9.39. The third kappa shape index (κ3) is 1.90. The summed E-state index contributed by atoms with van der Waals surface area (Å²) in [5.41, 5.74) is 2.28. The van der Waals surface area contributed by atoms with Gasteiger partial charge in [-0.15, -0.1) is 0 Å². The van der Waals surface area contributed by atoms with Gasteiger partial charge in [0.1, 0.15) is 12.3 Å². The lowest BCUT2D eigenvalue weighted by Crippen LogP contribution is -2.80. The van der Waals surface area contributed by atoms with Gasteiger partial charge < -0.3 is 25.4 Å². The zero-order valence-corrected chi connectivity index (χ0v) is 20.0. The second kappa shape index (κ2) is 6.31. The predicted octanol–water partition coefficient (Wildman–Crippen LogP) is 2.05. The number of benzene rings is 2. The minimum absolute atomic E-state index is 0.376. The van der Waals surface area contributed by atoms with E-state index >= 15 is 0 Å². The van der Waals surface area contributed by atoms with Gasteiger partial charge in [-0.2, -0.15) is 0 Å². The van der Waals surface area contributed by atoms with Crippen molar-refractivity contribution in [1.82, 2.24) is 14.8 Å². The molecule has 6 heterocycles. The minimum Gasteiger partial charge on any atom is -0.389 e. The Kier molecular flexibility index (Phi) is 3.84. The van der Waals surface area contributed by atoms with Gasteiger partial charge in [-0.3, -0.25) is 14.5 Å². The summed E-state index contributed by atoms with van der Waals surface area (Å²) in [6.45, 7) is 1.53. The van der Waals surface area contributed by atoms with E-state index in [1.807, 2.05) is 54.7 Å². The molecule has 6 atom stereocenters. The average molecular weight is 495 g/mol. The van der Waals surface area contributed by atoms with Gasteiger partial charge in [-0.05, 0) is 51.8 Å².